The average molecular weight is 282 g/mol. The number of benzene rings is 2. The fourth-order valence-electron chi connectivity index (χ4n) is 3.17. The first kappa shape index (κ1) is 12.9. The zero-order valence-corrected chi connectivity index (χ0v) is 12.0. The summed E-state index contributed by atoms with van der Waals surface area (Å²) in [6, 6.07) is 12.1. The predicted molar refractivity (Wildman–Crippen MR) is 79.2 cm³/mol. The lowest BCUT2D eigenvalue weighted by atomic mass is 9.96. The molecule has 0 saturated heterocycles. The van der Waals surface area contributed by atoms with Gasteiger partial charge >= 0.3 is 0 Å². The highest BCUT2D eigenvalue weighted by Crippen LogP contribution is 2.33. The summed E-state index contributed by atoms with van der Waals surface area (Å²) < 4.78 is 11.1. The highest BCUT2D eigenvalue weighted by molar-refractivity contribution is 5.44. The van der Waals surface area contributed by atoms with Crippen molar-refractivity contribution in [2.24, 2.45) is 0 Å². The zero-order valence-electron chi connectivity index (χ0n) is 12.0. The van der Waals surface area contributed by atoms with Crippen LogP contribution in [0.5, 0.6) is 5.75 Å². The highest BCUT2D eigenvalue weighted by Gasteiger charge is 2.22. The van der Waals surface area contributed by atoms with Gasteiger partial charge in [0.05, 0.1) is 13.2 Å². The molecule has 2 heterocycles. The van der Waals surface area contributed by atoms with Gasteiger partial charge in [-0.2, -0.15) is 0 Å². The summed E-state index contributed by atoms with van der Waals surface area (Å²) in [7, 11) is 0. The van der Waals surface area contributed by atoms with Gasteiger partial charge < -0.3 is 14.6 Å². The lowest BCUT2D eigenvalue weighted by molar-refractivity contribution is 0.134. The van der Waals surface area contributed by atoms with Crippen molar-refractivity contribution in [3.8, 4) is 5.75 Å². The van der Waals surface area contributed by atoms with Crippen LogP contribution >= 0.6 is 0 Å². The monoisotopic (exact) mass is 282 g/mol. The number of ether oxygens (including phenoxy) is 2. The average Bonchev–Trinajstić information content (AvgIpc) is 3.09. The third-order valence-corrected chi connectivity index (χ3v) is 4.30. The molecule has 0 aromatic heterocycles. The van der Waals surface area contributed by atoms with E-state index in [0.29, 0.717) is 13.2 Å². The highest BCUT2D eigenvalue weighted by atomic mass is 16.5. The Kier molecular flexibility index (Phi) is 2.98. The Bertz CT molecular complexity index is 693. The largest absolute Gasteiger partial charge is 0.490 e. The fraction of sp³-hybridized carbons (Fsp3) is 0.333. The molecule has 2 aliphatic rings. The number of aliphatic hydroxyl groups excluding tert-OH is 1. The van der Waals surface area contributed by atoms with Crippen LogP contribution in [0.2, 0.25) is 0 Å². The summed E-state index contributed by atoms with van der Waals surface area (Å²) in [5.41, 5.74) is 5.44. The van der Waals surface area contributed by atoms with Crippen molar-refractivity contribution in [2.75, 3.05) is 0 Å². The Morgan fingerprint density at radius 1 is 1.00 bits per heavy atom. The first-order chi connectivity index (χ1) is 10.2. The minimum atomic E-state index is -0.600. The SMILES string of the molecule is CC1Cc2cc(C(O)c3ccc4c(c3)COC4)ccc2O1. The van der Waals surface area contributed by atoms with Gasteiger partial charge in [-0.3, -0.25) is 0 Å². The van der Waals surface area contributed by atoms with E-state index in [4.69, 9.17) is 9.47 Å². The maximum atomic E-state index is 10.6. The minimum Gasteiger partial charge on any atom is -0.490 e. The molecule has 0 saturated carbocycles. The summed E-state index contributed by atoms with van der Waals surface area (Å²) in [4.78, 5) is 0. The van der Waals surface area contributed by atoms with E-state index in [-0.39, 0.29) is 6.10 Å². The van der Waals surface area contributed by atoms with Crippen molar-refractivity contribution in [3.05, 3.63) is 64.2 Å². The summed E-state index contributed by atoms with van der Waals surface area (Å²) in [5, 5.41) is 10.6. The van der Waals surface area contributed by atoms with Crippen molar-refractivity contribution in [3.63, 3.8) is 0 Å². The second kappa shape index (κ2) is 4.86. The van der Waals surface area contributed by atoms with Crippen LogP contribution in [0.4, 0.5) is 0 Å². The molecule has 2 aromatic rings. The number of fused-ring (bicyclic) bond motifs is 2. The topological polar surface area (TPSA) is 38.7 Å². The lowest BCUT2D eigenvalue weighted by Crippen LogP contribution is -2.05. The van der Waals surface area contributed by atoms with E-state index in [0.717, 1.165) is 23.3 Å². The van der Waals surface area contributed by atoms with Crippen LogP contribution in [0.1, 0.15) is 40.8 Å². The summed E-state index contributed by atoms with van der Waals surface area (Å²) >= 11 is 0. The van der Waals surface area contributed by atoms with Gasteiger partial charge in [-0.1, -0.05) is 24.3 Å². The van der Waals surface area contributed by atoms with E-state index in [1.54, 1.807) is 0 Å². The maximum Gasteiger partial charge on any atom is 0.123 e. The van der Waals surface area contributed by atoms with Gasteiger partial charge in [-0.15, -0.1) is 0 Å². The second-order valence-corrected chi connectivity index (χ2v) is 5.92. The van der Waals surface area contributed by atoms with Gasteiger partial charge in [0.2, 0.25) is 0 Å². The molecule has 2 atom stereocenters. The molecular weight excluding hydrogens is 264 g/mol. The Balaban J connectivity index is 1.66. The number of hydrogen-bond acceptors (Lipinski definition) is 3. The first-order valence-electron chi connectivity index (χ1n) is 7.38. The standard InChI is InChI=1S/C18H18O3/c1-11-6-15-7-13(4-5-17(15)21-11)18(19)12-2-3-14-9-20-10-16(14)8-12/h2-5,7-8,11,18-19H,6,9-10H2,1H3. The third kappa shape index (κ3) is 2.23. The van der Waals surface area contributed by atoms with Crippen molar-refractivity contribution in [1.82, 2.24) is 0 Å². The van der Waals surface area contributed by atoms with Gasteiger partial charge in [0.25, 0.3) is 0 Å². The quantitative estimate of drug-likeness (QED) is 0.919. The molecule has 4 rings (SSSR count). The van der Waals surface area contributed by atoms with Crippen LogP contribution in [0.25, 0.3) is 0 Å². The Labute approximate surface area is 124 Å². The predicted octanol–water partition coefficient (Wildman–Crippen LogP) is 3.12. The van der Waals surface area contributed by atoms with Crippen LogP contribution in [0, 0.1) is 0 Å². The molecule has 21 heavy (non-hydrogen) atoms. The number of aliphatic hydroxyl groups is 1. The molecule has 0 amide bonds. The Hall–Kier alpha value is -1.84. The Morgan fingerprint density at radius 3 is 2.57 bits per heavy atom. The molecule has 2 aliphatic heterocycles. The Morgan fingerprint density at radius 2 is 1.71 bits per heavy atom. The van der Waals surface area contributed by atoms with Crippen molar-refractivity contribution >= 4 is 0 Å². The molecule has 0 fully saturated rings. The smallest absolute Gasteiger partial charge is 0.123 e. The van der Waals surface area contributed by atoms with Gasteiger partial charge in [-0.05, 0) is 46.9 Å². The minimum absolute atomic E-state index is 0.226. The molecule has 1 N–H and O–H groups in total. The molecule has 0 aliphatic carbocycles. The first-order valence-corrected chi connectivity index (χ1v) is 7.38. The van der Waals surface area contributed by atoms with E-state index in [1.807, 2.05) is 18.2 Å². The van der Waals surface area contributed by atoms with Gasteiger partial charge in [0, 0.05) is 6.42 Å². The summed E-state index contributed by atoms with van der Waals surface area (Å²) in [6.07, 6.45) is 0.537. The second-order valence-electron chi connectivity index (χ2n) is 5.92. The molecule has 0 bridgehead atoms. The normalized spacial score (nSPS) is 20.8. The van der Waals surface area contributed by atoms with E-state index in [1.165, 1.54) is 16.7 Å². The van der Waals surface area contributed by atoms with E-state index >= 15 is 0 Å². The van der Waals surface area contributed by atoms with Crippen LogP contribution in [-0.4, -0.2) is 11.2 Å². The van der Waals surface area contributed by atoms with Crippen molar-refractivity contribution < 1.29 is 14.6 Å². The van der Waals surface area contributed by atoms with Crippen LogP contribution in [0.3, 0.4) is 0 Å². The molecule has 2 unspecified atom stereocenters. The van der Waals surface area contributed by atoms with E-state index < -0.39 is 6.10 Å². The number of rotatable bonds is 2. The molecule has 108 valence electrons. The molecule has 3 heteroatoms. The van der Waals surface area contributed by atoms with Crippen LogP contribution < -0.4 is 4.74 Å². The van der Waals surface area contributed by atoms with Gasteiger partial charge in [0.15, 0.2) is 0 Å². The summed E-state index contributed by atoms with van der Waals surface area (Å²) in [6.45, 7) is 3.39. The van der Waals surface area contributed by atoms with Crippen LogP contribution in [0.15, 0.2) is 36.4 Å². The molecule has 2 aromatic carbocycles. The van der Waals surface area contributed by atoms with Gasteiger partial charge in [-0.25, -0.2) is 0 Å². The van der Waals surface area contributed by atoms with E-state index in [9.17, 15) is 5.11 Å². The molecule has 0 radical (unpaired) electrons. The van der Waals surface area contributed by atoms with Crippen molar-refractivity contribution in [1.29, 1.82) is 0 Å². The van der Waals surface area contributed by atoms with Gasteiger partial charge in [0.1, 0.15) is 18.0 Å². The molecule has 3 nitrogen and oxygen atoms in total. The third-order valence-electron chi connectivity index (χ3n) is 4.30. The van der Waals surface area contributed by atoms with Crippen LogP contribution in [-0.2, 0) is 24.4 Å². The molecular formula is C18H18O3. The summed E-state index contributed by atoms with van der Waals surface area (Å²) in [5.74, 6) is 0.945. The molecule has 0 spiro atoms. The zero-order chi connectivity index (χ0) is 14.4. The maximum absolute atomic E-state index is 10.6. The number of hydrogen-bond donors (Lipinski definition) is 1. The van der Waals surface area contributed by atoms with Crippen molar-refractivity contribution in [2.45, 2.75) is 38.8 Å². The van der Waals surface area contributed by atoms with E-state index in [2.05, 4.69) is 25.1 Å². The fourth-order valence-corrected chi connectivity index (χ4v) is 3.17. The lowest BCUT2D eigenvalue weighted by Gasteiger charge is -2.13.